The van der Waals surface area contributed by atoms with E-state index in [4.69, 9.17) is 4.74 Å². The van der Waals surface area contributed by atoms with Gasteiger partial charge in [0.25, 0.3) is 0 Å². The number of rotatable bonds is 5. The monoisotopic (exact) mass is 373 g/mol. The number of carbonyl (C=O) groups excluding carboxylic acids is 1. The molecule has 1 aromatic carbocycles. The van der Waals surface area contributed by atoms with Crippen molar-refractivity contribution in [3.63, 3.8) is 0 Å². The molecule has 1 aliphatic heterocycles. The van der Waals surface area contributed by atoms with Crippen LogP contribution in [0.25, 0.3) is 0 Å². The van der Waals surface area contributed by atoms with E-state index in [9.17, 15) is 18.0 Å². The maximum atomic E-state index is 12.9. The molecule has 26 heavy (non-hydrogen) atoms. The predicted molar refractivity (Wildman–Crippen MR) is 94.2 cm³/mol. The molecular weight excluding hydrogens is 347 g/mol. The van der Waals surface area contributed by atoms with Crippen LogP contribution >= 0.6 is 0 Å². The summed E-state index contributed by atoms with van der Waals surface area (Å²) in [7, 11) is 0. The first-order chi connectivity index (χ1) is 12.1. The lowest BCUT2D eigenvalue weighted by Gasteiger charge is -2.33. The fourth-order valence-corrected chi connectivity index (χ4v) is 2.97. The molecule has 0 aromatic heterocycles. The summed E-state index contributed by atoms with van der Waals surface area (Å²) in [5.74, 6) is 0.550. The van der Waals surface area contributed by atoms with Gasteiger partial charge in [0.15, 0.2) is 0 Å². The Morgan fingerprint density at radius 2 is 2.12 bits per heavy atom. The second kappa shape index (κ2) is 8.73. The zero-order chi connectivity index (χ0) is 19.3. The van der Waals surface area contributed by atoms with Crippen LogP contribution in [0.3, 0.4) is 0 Å². The van der Waals surface area contributed by atoms with Crippen molar-refractivity contribution in [3.8, 4) is 0 Å². The van der Waals surface area contributed by atoms with Crippen molar-refractivity contribution in [1.29, 1.82) is 0 Å². The van der Waals surface area contributed by atoms with Gasteiger partial charge in [0.05, 0.1) is 18.3 Å². The Balaban J connectivity index is 1.85. The summed E-state index contributed by atoms with van der Waals surface area (Å²) in [5.41, 5.74) is -0.536. The van der Waals surface area contributed by atoms with Crippen LogP contribution in [0.2, 0.25) is 0 Å². The zero-order valence-electron chi connectivity index (χ0n) is 15.3. The molecule has 8 heteroatoms. The van der Waals surface area contributed by atoms with Gasteiger partial charge in [-0.1, -0.05) is 19.9 Å². The molecule has 1 saturated heterocycles. The van der Waals surface area contributed by atoms with Crippen molar-refractivity contribution in [2.45, 2.75) is 33.1 Å². The third kappa shape index (κ3) is 6.17. The van der Waals surface area contributed by atoms with Crippen LogP contribution in [0, 0.1) is 12.8 Å². The Labute approximate surface area is 151 Å². The summed E-state index contributed by atoms with van der Waals surface area (Å²) in [6.07, 6.45) is -4.58. The number of carbonyl (C=O) groups is 1. The highest BCUT2D eigenvalue weighted by Gasteiger charge is 2.32. The number of ether oxygens (including phenoxy) is 1. The number of alkyl halides is 3. The number of morpholine rings is 1. The molecule has 146 valence electrons. The number of anilines is 1. The molecule has 0 aliphatic carbocycles. The number of halogens is 3. The first-order valence-electron chi connectivity index (χ1n) is 8.72. The lowest BCUT2D eigenvalue weighted by molar-refractivity contribution is -0.138. The van der Waals surface area contributed by atoms with Gasteiger partial charge >= 0.3 is 12.2 Å². The number of benzene rings is 1. The molecule has 1 atom stereocenters. The molecule has 1 fully saturated rings. The highest BCUT2D eigenvalue weighted by molar-refractivity contribution is 5.89. The minimum atomic E-state index is -4.45. The zero-order valence-corrected chi connectivity index (χ0v) is 15.3. The van der Waals surface area contributed by atoms with Gasteiger partial charge in [-0.15, -0.1) is 0 Å². The van der Waals surface area contributed by atoms with Crippen LogP contribution in [0.4, 0.5) is 23.7 Å². The Bertz CT molecular complexity index is 620. The largest absolute Gasteiger partial charge is 0.416 e. The van der Waals surface area contributed by atoms with Crippen molar-refractivity contribution in [3.05, 3.63) is 29.3 Å². The molecule has 2 N–H and O–H groups in total. The first kappa shape index (κ1) is 20.5. The van der Waals surface area contributed by atoms with Crippen molar-refractivity contribution >= 4 is 11.7 Å². The van der Waals surface area contributed by atoms with Crippen LogP contribution in [-0.4, -0.2) is 49.8 Å². The Hall–Kier alpha value is -1.80. The van der Waals surface area contributed by atoms with Crippen LogP contribution < -0.4 is 10.6 Å². The molecule has 1 heterocycles. The van der Waals surface area contributed by atoms with Crippen LogP contribution in [0.5, 0.6) is 0 Å². The third-order valence-electron chi connectivity index (χ3n) is 4.14. The van der Waals surface area contributed by atoms with E-state index in [1.54, 1.807) is 0 Å². The summed E-state index contributed by atoms with van der Waals surface area (Å²) < 4.78 is 44.4. The molecule has 1 aromatic rings. The van der Waals surface area contributed by atoms with Crippen molar-refractivity contribution in [2.24, 2.45) is 5.92 Å². The number of hydrogen-bond acceptors (Lipinski definition) is 3. The maximum Gasteiger partial charge on any atom is 0.416 e. The van der Waals surface area contributed by atoms with Gasteiger partial charge in [-0.05, 0) is 30.5 Å². The predicted octanol–water partition coefficient (Wildman–Crippen LogP) is 3.49. The Kier molecular flexibility index (Phi) is 6.88. The number of nitrogens with one attached hydrogen (secondary N) is 2. The molecule has 1 unspecified atom stereocenters. The van der Waals surface area contributed by atoms with E-state index in [0.717, 1.165) is 25.7 Å². The molecule has 0 spiro atoms. The Morgan fingerprint density at radius 3 is 2.77 bits per heavy atom. The highest BCUT2D eigenvalue weighted by Crippen LogP contribution is 2.33. The smallest absolute Gasteiger partial charge is 0.374 e. The molecular formula is C18H26F3N3O2. The van der Waals surface area contributed by atoms with Crippen molar-refractivity contribution in [2.75, 3.05) is 38.1 Å². The lowest BCUT2D eigenvalue weighted by atomic mass is 10.1. The minimum Gasteiger partial charge on any atom is -0.374 e. The molecule has 2 amide bonds. The summed E-state index contributed by atoms with van der Waals surface area (Å²) in [6, 6.07) is 3.18. The average Bonchev–Trinajstić information content (AvgIpc) is 2.53. The van der Waals surface area contributed by atoms with E-state index in [-0.39, 0.29) is 17.4 Å². The molecule has 0 radical (unpaired) electrons. The normalized spacial score (nSPS) is 18.8. The van der Waals surface area contributed by atoms with Gasteiger partial charge in [-0.25, -0.2) is 4.79 Å². The summed E-state index contributed by atoms with van der Waals surface area (Å²) >= 11 is 0. The molecule has 0 bridgehead atoms. The van der Waals surface area contributed by atoms with E-state index in [2.05, 4.69) is 29.4 Å². The van der Waals surface area contributed by atoms with Gasteiger partial charge in [0, 0.05) is 31.9 Å². The fraction of sp³-hybridized carbons (Fsp3) is 0.611. The Morgan fingerprint density at radius 1 is 1.38 bits per heavy atom. The third-order valence-corrected chi connectivity index (χ3v) is 4.14. The first-order valence-corrected chi connectivity index (χ1v) is 8.72. The van der Waals surface area contributed by atoms with Gasteiger partial charge in [0.2, 0.25) is 0 Å². The van der Waals surface area contributed by atoms with Gasteiger partial charge < -0.3 is 15.4 Å². The summed E-state index contributed by atoms with van der Waals surface area (Å²) in [5, 5.41) is 5.11. The number of aryl methyl sites for hydroxylation is 1. The second-order valence-electron chi connectivity index (χ2n) is 7.01. The number of hydrogen-bond donors (Lipinski definition) is 2. The molecule has 5 nitrogen and oxygen atoms in total. The fourth-order valence-electron chi connectivity index (χ4n) is 2.97. The van der Waals surface area contributed by atoms with Crippen LogP contribution in [0.1, 0.15) is 25.0 Å². The summed E-state index contributed by atoms with van der Waals surface area (Å²) in [6.45, 7) is 9.14. The molecule has 1 aliphatic rings. The van der Waals surface area contributed by atoms with Crippen LogP contribution in [-0.2, 0) is 10.9 Å². The number of amides is 2. The van der Waals surface area contributed by atoms with E-state index >= 15 is 0 Å². The highest BCUT2D eigenvalue weighted by atomic mass is 19.4. The second-order valence-corrected chi connectivity index (χ2v) is 7.01. The molecule has 0 saturated carbocycles. The van der Waals surface area contributed by atoms with Crippen LogP contribution in [0.15, 0.2) is 18.2 Å². The quantitative estimate of drug-likeness (QED) is 0.831. The van der Waals surface area contributed by atoms with Crippen molar-refractivity contribution < 1.29 is 22.7 Å². The number of urea groups is 1. The lowest BCUT2D eigenvalue weighted by Crippen LogP contribution is -2.48. The van der Waals surface area contributed by atoms with Gasteiger partial charge in [0.1, 0.15) is 0 Å². The number of nitrogens with zero attached hydrogens (tertiary/aromatic N) is 1. The minimum absolute atomic E-state index is 0.103. The van der Waals surface area contributed by atoms with Gasteiger partial charge in [-0.3, -0.25) is 4.90 Å². The van der Waals surface area contributed by atoms with E-state index in [0.29, 0.717) is 19.1 Å². The van der Waals surface area contributed by atoms with E-state index in [1.807, 2.05) is 0 Å². The maximum absolute atomic E-state index is 12.9. The standard InChI is InChI=1S/C18H26F3N3O2/c1-12(2)10-24-6-7-26-15(11-24)9-22-17(25)23-14-5-4-13(3)16(8-14)18(19,20)21/h4-5,8,12,15H,6-7,9-11H2,1-3H3,(H2,22,23,25). The van der Waals surface area contributed by atoms with E-state index < -0.39 is 17.8 Å². The van der Waals surface area contributed by atoms with E-state index in [1.165, 1.54) is 19.1 Å². The summed E-state index contributed by atoms with van der Waals surface area (Å²) in [4.78, 5) is 14.3. The van der Waals surface area contributed by atoms with Crippen molar-refractivity contribution in [1.82, 2.24) is 10.2 Å². The average molecular weight is 373 g/mol. The van der Waals surface area contributed by atoms with Gasteiger partial charge in [-0.2, -0.15) is 13.2 Å². The topological polar surface area (TPSA) is 53.6 Å². The SMILES string of the molecule is Cc1ccc(NC(=O)NCC2CN(CC(C)C)CCO2)cc1C(F)(F)F. The molecule has 2 rings (SSSR count).